The van der Waals surface area contributed by atoms with Gasteiger partial charge in [0.1, 0.15) is 0 Å². The van der Waals surface area contributed by atoms with Gasteiger partial charge in [-0.05, 0) is 35.1 Å². The van der Waals surface area contributed by atoms with E-state index in [-0.39, 0.29) is 0 Å². The lowest BCUT2D eigenvalue weighted by atomic mass is 10.1. The van der Waals surface area contributed by atoms with Crippen molar-refractivity contribution in [3.63, 3.8) is 0 Å². The Morgan fingerprint density at radius 3 is 1.48 bits per heavy atom. The van der Waals surface area contributed by atoms with Crippen molar-refractivity contribution < 1.29 is 0 Å². The number of allylic oxidation sites excluding steroid dienone is 2. The maximum absolute atomic E-state index is 2.65. The molecule has 0 fully saturated rings. The number of rotatable bonds is 6. The van der Waals surface area contributed by atoms with Crippen LogP contribution in [0.25, 0.3) is 12.2 Å². The molecule has 4 rings (SSSR count). The van der Waals surface area contributed by atoms with E-state index < -0.39 is 8.07 Å². The molecule has 0 N–H and O–H groups in total. The Kier molecular flexibility index (Phi) is 4.99. The van der Waals surface area contributed by atoms with E-state index in [1.54, 1.807) is 22.3 Å². The van der Waals surface area contributed by atoms with Gasteiger partial charge in [0.25, 0.3) is 0 Å². The van der Waals surface area contributed by atoms with Crippen LogP contribution < -0.4 is 0 Å². The first-order valence-electron chi connectivity index (χ1n) is 10.7. The standard InChI is InChI=1S/C26H32Si/c1-5-11-21-17-19-13-7-9-15-23(19)25(21)27(3,4)26-22(12-6-2)18-20-14-8-10-16-24(20)26/h7-10,13-18,25-26H,5-6,11-12H2,1-4H3. The van der Waals surface area contributed by atoms with Gasteiger partial charge in [0.2, 0.25) is 0 Å². The molecular weight excluding hydrogens is 340 g/mol. The summed E-state index contributed by atoms with van der Waals surface area (Å²) in [6.45, 7) is 9.95. The highest BCUT2D eigenvalue weighted by molar-refractivity contribution is 6.81. The minimum absolute atomic E-state index is 0.644. The molecule has 0 amide bonds. The Morgan fingerprint density at radius 1 is 0.667 bits per heavy atom. The van der Waals surface area contributed by atoms with E-state index in [1.165, 1.54) is 36.8 Å². The average Bonchev–Trinajstić information content (AvgIpc) is 3.20. The van der Waals surface area contributed by atoms with Crippen LogP contribution in [0, 0.1) is 0 Å². The highest BCUT2D eigenvalue weighted by Crippen LogP contribution is 2.53. The normalized spacial score (nSPS) is 20.9. The van der Waals surface area contributed by atoms with E-state index in [2.05, 4.69) is 87.6 Å². The Bertz CT molecular complexity index is 826. The highest BCUT2D eigenvalue weighted by atomic mass is 28.3. The van der Waals surface area contributed by atoms with Gasteiger partial charge in [0.15, 0.2) is 0 Å². The summed E-state index contributed by atoms with van der Waals surface area (Å²) >= 11 is 0. The van der Waals surface area contributed by atoms with E-state index >= 15 is 0 Å². The zero-order chi connectivity index (χ0) is 19.0. The second-order valence-electron chi connectivity index (χ2n) is 8.88. The molecule has 2 atom stereocenters. The zero-order valence-electron chi connectivity index (χ0n) is 17.3. The molecule has 0 radical (unpaired) electrons. The van der Waals surface area contributed by atoms with Gasteiger partial charge in [-0.25, -0.2) is 0 Å². The third-order valence-corrected chi connectivity index (χ3v) is 10.9. The fraction of sp³-hybridized carbons (Fsp3) is 0.385. The molecule has 140 valence electrons. The van der Waals surface area contributed by atoms with Crippen LogP contribution in [0.3, 0.4) is 0 Å². The van der Waals surface area contributed by atoms with Crippen molar-refractivity contribution in [2.45, 2.75) is 63.7 Å². The second kappa shape index (κ2) is 7.28. The molecule has 0 aromatic heterocycles. The number of hydrogen-bond donors (Lipinski definition) is 0. The van der Waals surface area contributed by atoms with E-state index in [0.29, 0.717) is 11.1 Å². The highest BCUT2D eigenvalue weighted by Gasteiger charge is 2.47. The second-order valence-corrected chi connectivity index (χ2v) is 13.7. The zero-order valence-corrected chi connectivity index (χ0v) is 18.3. The minimum Gasteiger partial charge on any atom is -0.0679 e. The van der Waals surface area contributed by atoms with Gasteiger partial charge in [0, 0.05) is 11.1 Å². The topological polar surface area (TPSA) is 0 Å². The molecule has 2 aromatic rings. The van der Waals surface area contributed by atoms with Crippen molar-refractivity contribution in [3.8, 4) is 0 Å². The molecule has 2 unspecified atom stereocenters. The lowest BCUT2D eigenvalue weighted by Crippen LogP contribution is -2.43. The SMILES string of the molecule is CCCC1=Cc2ccccc2C1[Si](C)(C)C1C(CCC)=Cc2ccccc21. The van der Waals surface area contributed by atoms with E-state index in [9.17, 15) is 0 Å². The number of fused-ring (bicyclic) bond motifs is 2. The Morgan fingerprint density at radius 2 is 1.07 bits per heavy atom. The van der Waals surface area contributed by atoms with Gasteiger partial charge >= 0.3 is 0 Å². The Labute approximate surface area is 166 Å². The van der Waals surface area contributed by atoms with Gasteiger partial charge in [-0.2, -0.15) is 0 Å². The molecule has 27 heavy (non-hydrogen) atoms. The van der Waals surface area contributed by atoms with Crippen LogP contribution in [0.15, 0.2) is 59.7 Å². The van der Waals surface area contributed by atoms with Crippen LogP contribution in [0.4, 0.5) is 0 Å². The smallest absolute Gasteiger partial charge is 0.0679 e. The lowest BCUT2D eigenvalue weighted by Gasteiger charge is -2.40. The molecule has 2 aliphatic carbocycles. The number of benzene rings is 2. The van der Waals surface area contributed by atoms with Gasteiger partial charge in [-0.3, -0.25) is 0 Å². The summed E-state index contributed by atoms with van der Waals surface area (Å²) in [7, 11) is -1.68. The molecule has 1 heteroatoms. The van der Waals surface area contributed by atoms with E-state index in [4.69, 9.17) is 0 Å². The molecule has 0 aliphatic heterocycles. The molecule has 0 bridgehead atoms. The maximum Gasteiger partial charge on any atom is 0.0722 e. The fourth-order valence-corrected chi connectivity index (χ4v) is 10.5. The largest absolute Gasteiger partial charge is 0.0722 e. The Balaban J connectivity index is 1.82. The summed E-state index contributed by atoms with van der Waals surface area (Å²) in [6.07, 6.45) is 9.97. The van der Waals surface area contributed by atoms with Crippen molar-refractivity contribution in [3.05, 3.63) is 81.9 Å². The molecule has 0 saturated heterocycles. The van der Waals surface area contributed by atoms with Crippen molar-refractivity contribution in [1.29, 1.82) is 0 Å². The van der Waals surface area contributed by atoms with Gasteiger partial charge in [-0.15, -0.1) is 0 Å². The minimum atomic E-state index is -1.68. The van der Waals surface area contributed by atoms with Crippen molar-refractivity contribution in [2.24, 2.45) is 0 Å². The molecule has 2 aromatic carbocycles. The van der Waals surface area contributed by atoms with Crippen molar-refractivity contribution in [1.82, 2.24) is 0 Å². The first-order valence-corrected chi connectivity index (χ1v) is 13.8. The predicted molar refractivity (Wildman–Crippen MR) is 122 cm³/mol. The summed E-state index contributed by atoms with van der Waals surface area (Å²) < 4.78 is 0. The summed E-state index contributed by atoms with van der Waals surface area (Å²) in [5.41, 5.74) is 10.8. The summed E-state index contributed by atoms with van der Waals surface area (Å²) in [4.78, 5) is 0. The molecule has 0 heterocycles. The monoisotopic (exact) mass is 372 g/mol. The van der Waals surface area contributed by atoms with Crippen molar-refractivity contribution >= 4 is 20.2 Å². The van der Waals surface area contributed by atoms with Crippen LogP contribution in [0.1, 0.15) is 72.9 Å². The first kappa shape index (κ1) is 18.5. The van der Waals surface area contributed by atoms with Gasteiger partial charge in [0.05, 0.1) is 8.07 Å². The Hall–Kier alpha value is -1.86. The molecule has 0 spiro atoms. The van der Waals surface area contributed by atoms with Crippen LogP contribution in [-0.4, -0.2) is 8.07 Å². The van der Waals surface area contributed by atoms with Crippen LogP contribution in [0.2, 0.25) is 13.1 Å². The fourth-order valence-electron chi connectivity index (χ4n) is 5.71. The van der Waals surface area contributed by atoms with E-state index in [0.717, 1.165) is 0 Å². The molecule has 0 saturated carbocycles. The summed E-state index contributed by atoms with van der Waals surface area (Å²) in [5, 5.41) is 0. The summed E-state index contributed by atoms with van der Waals surface area (Å²) in [5.74, 6) is 0. The molecule has 2 aliphatic rings. The lowest BCUT2D eigenvalue weighted by molar-refractivity contribution is 0.822. The first-order chi connectivity index (χ1) is 13.1. The van der Waals surface area contributed by atoms with Gasteiger partial charge < -0.3 is 0 Å². The van der Waals surface area contributed by atoms with Crippen LogP contribution >= 0.6 is 0 Å². The third kappa shape index (κ3) is 3.06. The number of hydrogen-bond acceptors (Lipinski definition) is 0. The quantitative estimate of drug-likeness (QED) is 0.455. The third-order valence-electron chi connectivity index (χ3n) is 6.60. The van der Waals surface area contributed by atoms with Crippen LogP contribution in [-0.2, 0) is 0 Å². The molecule has 0 nitrogen and oxygen atoms in total. The average molecular weight is 373 g/mol. The van der Waals surface area contributed by atoms with Gasteiger partial charge in [-0.1, -0.05) is 112 Å². The van der Waals surface area contributed by atoms with Crippen LogP contribution in [0.5, 0.6) is 0 Å². The van der Waals surface area contributed by atoms with Crippen molar-refractivity contribution in [2.75, 3.05) is 0 Å². The molecular formula is C26H32Si. The maximum atomic E-state index is 2.65. The van der Waals surface area contributed by atoms with E-state index in [1.807, 2.05) is 0 Å². The summed E-state index contributed by atoms with van der Waals surface area (Å²) in [6, 6.07) is 18.3. The predicted octanol–water partition coefficient (Wildman–Crippen LogP) is 7.74.